The van der Waals surface area contributed by atoms with Crippen LogP contribution in [0.4, 0.5) is 5.69 Å². The molecule has 3 rings (SSSR count). The van der Waals surface area contributed by atoms with Gasteiger partial charge < -0.3 is 30.2 Å². The van der Waals surface area contributed by atoms with Gasteiger partial charge in [-0.1, -0.05) is 6.07 Å². The standard InChI is InChI=1S/C21H25N3O5/c1-14(15-3-8-18-19(11-15)29-13-28-18)23-21(26)12-24(10-9-20(22)25)16-4-6-17(27-2)7-5-16/h3-8,11,14H,9-10,12-13H2,1-2H3,(H2,22,25)(H,23,26). The first-order chi connectivity index (χ1) is 14.0. The van der Waals surface area contributed by atoms with E-state index < -0.39 is 5.91 Å². The summed E-state index contributed by atoms with van der Waals surface area (Å²) in [6.45, 7) is 2.54. The molecule has 154 valence electrons. The van der Waals surface area contributed by atoms with Gasteiger partial charge >= 0.3 is 0 Å². The van der Waals surface area contributed by atoms with Crippen molar-refractivity contribution in [1.82, 2.24) is 5.32 Å². The zero-order valence-electron chi connectivity index (χ0n) is 16.5. The molecule has 2 aromatic carbocycles. The van der Waals surface area contributed by atoms with E-state index in [-0.39, 0.29) is 31.7 Å². The summed E-state index contributed by atoms with van der Waals surface area (Å²) in [5.41, 5.74) is 7.00. The van der Waals surface area contributed by atoms with Crippen LogP contribution in [0.3, 0.4) is 0 Å². The van der Waals surface area contributed by atoms with Gasteiger partial charge in [0.1, 0.15) is 5.75 Å². The maximum atomic E-state index is 12.7. The topological polar surface area (TPSA) is 103 Å². The van der Waals surface area contributed by atoms with Crippen molar-refractivity contribution in [2.24, 2.45) is 5.73 Å². The molecule has 8 heteroatoms. The van der Waals surface area contributed by atoms with E-state index in [1.54, 1.807) is 19.2 Å². The summed E-state index contributed by atoms with van der Waals surface area (Å²) >= 11 is 0. The van der Waals surface area contributed by atoms with Crippen molar-refractivity contribution in [3.8, 4) is 17.2 Å². The summed E-state index contributed by atoms with van der Waals surface area (Å²) in [4.78, 5) is 25.7. The predicted octanol–water partition coefficient (Wildman–Crippen LogP) is 1.98. The molecule has 0 saturated carbocycles. The lowest BCUT2D eigenvalue weighted by molar-refractivity contribution is -0.121. The predicted molar refractivity (Wildman–Crippen MR) is 108 cm³/mol. The molecule has 2 aromatic rings. The van der Waals surface area contributed by atoms with Crippen LogP contribution in [0.5, 0.6) is 17.2 Å². The minimum absolute atomic E-state index is 0.0918. The van der Waals surface area contributed by atoms with Crippen molar-refractivity contribution in [2.45, 2.75) is 19.4 Å². The second kappa shape index (κ2) is 9.18. The molecule has 0 bridgehead atoms. The van der Waals surface area contributed by atoms with Crippen LogP contribution >= 0.6 is 0 Å². The molecule has 1 aliphatic rings. The molecule has 0 aliphatic carbocycles. The number of rotatable bonds is 9. The molecule has 1 unspecified atom stereocenters. The van der Waals surface area contributed by atoms with Gasteiger partial charge in [-0.15, -0.1) is 0 Å². The molecule has 8 nitrogen and oxygen atoms in total. The number of primary amides is 1. The lowest BCUT2D eigenvalue weighted by Gasteiger charge is -2.25. The average molecular weight is 399 g/mol. The Labute approximate surface area is 169 Å². The zero-order chi connectivity index (χ0) is 20.8. The highest BCUT2D eigenvalue weighted by molar-refractivity contribution is 5.82. The second-order valence-electron chi connectivity index (χ2n) is 6.74. The third-order valence-electron chi connectivity index (χ3n) is 4.67. The number of methoxy groups -OCH3 is 1. The van der Waals surface area contributed by atoms with E-state index in [2.05, 4.69) is 5.32 Å². The number of fused-ring (bicyclic) bond motifs is 1. The van der Waals surface area contributed by atoms with Gasteiger partial charge in [-0.3, -0.25) is 9.59 Å². The van der Waals surface area contributed by atoms with Crippen LogP contribution in [-0.2, 0) is 9.59 Å². The largest absolute Gasteiger partial charge is 0.497 e. The van der Waals surface area contributed by atoms with Gasteiger partial charge in [-0.2, -0.15) is 0 Å². The molecule has 29 heavy (non-hydrogen) atoms. The van der Waals surface area contributed by atoms with Gasteiger partial charge in [0, 0.05) is 18.7 Å². The molecule has 0 radical (unpaired) electrons. The summed E-state index contributed by atoms with van der Waals surface area (Å²) in [6.07, 6.45) is 0.150. The first-order valence-electron chi connectivity index (χ1n) is 9.32. The number of carbonyl (C=O) groups excluding carboxylic acids is 2. The Morgan fingerprint density at radius 1 is 1.17 bits per heavy atom. The van der Waals surface area contributed by atoms with E-state index in [0.717, 1.165) is 11.3 Å². The molecular formula is C21H25N3O5. The Balaban J connectivity index is 1.65. The fraction of sp³-hybridized carbons (Fsp3) is 0.333. The molecule has 0 aromatic heterocycles. The number of anilines is 1. The lowest BCUT2D eigenvalue weighted by atomic mass is 10.1. The fourth-order valence-electron chi connectivity index (χ4n) is 3.06. The van der Waals surface area contributed by atoms with E-state index >= 15 is 0 Å². The van der Waals surface area contributed by atoms with Crippen LogP contribution in [0, 0.1) is 0 Å². The number of hydrogen-bond acceptors (Lipinski definition) is 6. The van der Waals surface area contributed by atoms with Crippen LogP contribution in [0.2, 0.25) is 0 Å². The van der Waals surface area contributed by atoms with Crippen molar-refractivity contribution >= 4 is 17.5 Å². The molecule has 0 fully saturated rings. The Hall–Kier alpha value is -3.42. The van der Waals surface area contributed by atoms with Crippen molar-refractivity contribution < 1.29 is 23.8 Å². The average Bonchev–Trinajstić information content (AvgIpc) is 3.19. The Morgan fingerprint density at radius 3 is 2.59 bits per heavy atom. The summed E-state index contributed by atoms with van der Waals surface area (Å²) in [7, 11) is 1.59. The van der Waals surface area contributed by atoms with E-state index in [1.165, 1.54) is 0 Å². The Bertz CT molecular complexity index is 869. The van der Waals surface area contributed by atoms with Gasteiger partial charge in [0.15, 0.2) is 11.5 Å². The third kappa shape index (κ3) is 5.31. The highest BCUT2D eigenvalue weighted by atomic mass is 16.7. The Morgan fingerprint density at radius 2 is 1.90 bits per heavy atom. The van der Waals surface area contributed by atoms with Crippen molar-refractivity contribution in [2.75, 3.05) is 31.9 Å². The summed E-state index contributed by atoms with van der Waals surface area (Å²) in [6, 6.07) is 12.7. The zero-order valence-corrected chi connectivity index (χ0v) is 16.5. The molecule has 0 spiro atoms. The fourth-order valence-corrected chi connectivity index (χ4v) is 3.06. The van der Waals surface area contributed by atoms with Gasteiger partial charge in [0.25, 0.3) is 0 Å². The molecule has 0 saturated heterocycles. The number of ether oxygens (including phenoxy) is 3. The van der Waals surface area contributed by atoms with Gasteiger partial charge in [0.05, 0.1) is 19.7 Å². The molecule has 3 N–H and O–H groups in total. The Kier molecular flexibility index (Phi) is 6.43. The van der Waals surface area contributed by atoms with E-state index in [1.807, 2.05) is 42.2 Å². The summed E-state index contributed by atoms with van der Waals surface area (Å²) < 4.78 is 15.9. The normalized spacial score (nSPS) is 12.9. The summed E-state index contributed by atoms with van der Waals surface area (Å²) in [5.74, 6) is 1.49. The van der Waals surface area contributed by atoms with E-state index in [0.29, 0.717) is 23.8 Å². The van der Waals surface area contributed by atoms with Crippen LogP contribution in [0.1, 0.15) is 24.9 Å². The van der Waals surface area contributed by atoms with Gasteiger partial charge in [-0.25, -0.2) is 0 Å². The molecule has 2 amide bonds. The monoisotopic (exact) mass is 399 g/mol. The molecular weight excluding hydrogens is 374 g/mol. The SMILES string of the molecule is COc1ccc(N(CCC(N)=O)CC(=O)NC(C)c2ccc3c(c2)OCO3)cc1. The minimum Gasteiger partial charge on any atom is -0.497 e. The third-order valence-corrected chi connectivity index (χ3v) is 4.67. The van der Waals surface area contributed by atoms with Crippen molar-refractivity contribution in [1.29, 1.82) is 0 Å². The number of benzene rings is 2. The lowest BCUT2D eigenvalue weighted by Crippen LogP contribution is -2.39. The van der Waals surface area contributed by atoms with Crippen LogP contribution in [-0.4, -0.2) is 38.8 Å². The number of nitrogens with zero attached hydrogens (tertiary/aromatic N) is 1. The molecule has 1 atom stereocenters. The van der Waals surface area contributed by atoms with Crippen LogP contribution in [0.25, 0.3) is 0 Å². The van der Waals surface area contributed by atoms with Crippen molar-refractivity contribution in [3.05, 3.63) is 48.0 Å². The number of amides is 2. The number of hydrogen-bond donors (Lipinski definition) is 2. The van der Waals surface area contributed by atoms with E-state index in [9.17, 15) is 9.59 Å². The first kappa shape index (κ1) is 20.3. The summed E-state index contributed by atoms with van der Waals surface area (Å²) in [5, 5.41) is 2.98. The minimum atomic E-state index is -0.419. The van der Waals surface area contributed by atoms with Gasteiger partial charge in [0.2, 0.25) is 18.6 Å². The maximum Gasteiger partial charge on any atom is 0.239 e. The maximum absolute atomic E-state index is 12.7. The molecule has 1 aliphatic heterocycles. The molecule has 1 heterocycles. The van der Waals surface area contributed by atoms with Crippen molar-refractivity contribution in [3.63, 3.8) is 0 Å². The first-order valence-corrected chi connectivity index (χ1v) is 9.32. The van der Waals surface area contributed by atoms with Gasteiger partial charge in [-0.05, 0) is 48.9 Å². The highest BCUT2D eigenvalue weighted by Gasteiger charge is 2.18. The number of nitrogens with one attached hydrogen (secondary N) is 1. The van der Waals surface area contributed by atoms with E-state index in [4.69, 9.17) is 19.9 Å². The smallest absolute Gasteiger partial charge is 0.239 e. The number of carbonyl (C=O) groups is 2. The van der Waals surface area contributed by atoms with Crippen LogP contribution in [0.15, 0.2) is 42.5 Å². The van der Waals surface area contributed by atoms with Crippen LogP contribution < -0.4 is 30.2 Å². The highest BCUT2D eigenvalue weighted by Crippen LogP contribution is 2.34. The quantitative estimate of drug-likeness (QED) is 0.668. The second-order valence-corrected chi connectivity index (χ2v) is 6.74. The number of nitrogens with two attached hydrogens (primary N) is 1.